The van der Waals surface area contributed by atoms with Crippen molar-refractivity contribution < 1.29 is 9.90 Å². The number of rotatable bonds is 2. The van der Waals surface area contributed by atoms with Crippen molar-refractivity contribution >= 4 is 11.6 Å². The third kappa shape index (κ3) is 1.88. The number of aryl methyl sites for hydroxylation is 1. The van der Waals surface area contributed by atoms with Gasteiger partial charge in [-0.05, 0) is 18.6 Å². The van der Waals surface area contributed by atoms with Crippen LogP contribution >= 0.6 is 0 Å². The van der Waals surface area contributed by atoms with Gasteiger partial charge in [-0.3, -0.25) is 4.79 Å². The molecule has 1 fully saturated rings. The minimum atomic E-state index is -0.463. The van der Waals surface area contributed by atoms with E-state index in [9.17, 15) is 9.90 Å². The highest BCUT2D eigenvalue weighted by atomic mass is 16.3. The highest BCUT2D eigenvalue weighted by Gasteiger charge is 2.29. The largest absolute Gasteiger partial charge is 0.394 e. The van der Waals surface area contributed by atoms with E-state index in [1.54, 1.807) is 0 Å². The molecule has 86 valence electrons. The molecule has 4 heteroatoms. The van der Waals surface area contributed by atoms with E-state index in [0.717, 1.165) is 17.8 Å². The van der Waals surface area contributed by atoms with Gasteiger partial charge in [0.15, 0.2) is 0 Å². The highest BCUT2D eigenvalue weighted by Crippen LogP contribution is 2.22. The zero-order valence-corrected chi connectivity index (χ0v) is 9.31. The van der Waals surface area contributed by atoms with Crippen molar-refractivity contribution in [1.29, 1.82) is 0 Å². The number of benzene rings is 1. The van der Waals surface area contributed by atoms with Gasteiger partial charge in [-0.2, -0.15) is 0 Å². The summed E-state index contributed by atoms with van der Waals surface area (Å²) < 4.78 is 0. The molecular weight excluding hydrogens is 204 g/mol. The molecule has 1 amide bonds. The van der Waals surface area contributed by atoms with Crippen LogP contribution in [-0.4, -0.2) is 36.8 Å². The van der Waals surface area contributed by atoms with Gasteiger partial charge >= 0.3 is 0 Å². The van der Waals surface area contributed by atoms with Crippen molar-refractivity contribution in [2.24, 2.45) is 0 Å². The van der Waals surface area contributed by atoms with E-state index in [-0.39, 0.29) is 12.5 Å². The molecule has 0 bridgehead atoms. The van der Waals surface area contributed by atoms with Crippen LogP contribution in [0.2, 0.25) is 0 Å². The molecule has 4 nitrogen and oxygen atoms in total. The standard InChI is InChI=1S/C12H16N2O2/c1-9-4-2-3-5-10(9)14-7-6-13-12(16)11(14)8-15/h2-5,11,15H,6-8H2,1H3,(H,13,16). The Bertz CT molecular complexity index is 392. The van der Waals surface area contributed by atoms with Crippen molar-refractivity contribution in [3.05, 3.63) is 29.8 Å². The minimum Gasteiger partial charge on any atom is -0.394 e. The number of anilines is 1. The van der Waals surface area contributed by atoms with Crippen LogP contribution < -0.4 is 10.2 Å². The SMILES string of the molecule is Cc1ccccc1N1CCNC(=O)C1CO. The van der Waals surface area contributed by atoms with Crippen molar-refractivity contribution in [3.63, 3.8) is 0 Å². The van der Waals surface area contributed by atoms with Gasteiger partial charge in [0.25, 0.3) is 0 Å². The van der Waals surface area contributed by atoms with E-state index < -0.39 is 6.04 Å². The molecule has 0 saturated carbocycles. The predicted molar refractivity (Wildman–Crippen MR) is 62.4 cm³/mol. The molecule has 1 aromatic carbocycles. The van der Waals surface area contributed by atoms with Crippen LogP contribution in [0.3, 0.4) is 0 Å². The number of aliphatic hydroxyl groups is 1. The van der Waals surface area contributed by atoms with Crippen LogP contribution in [-0.2, 0) is 4.79 Å². The summed E-state index contributed by atoms with van der Waals surface area (Å²) in [4.78, 5) is 13.6. The van der Waals surface area contributed by atoms with Crippen LogP contribution in [0.15, 0.2) is 24.3 Å². The number of hydrogen-bond donors (Lipinski definition) is 2. The molecule has 1 atom stereocenters. The van der Waals surface area contributed by atoms with Crippen LogP contribution in [0.25, 0.3) is 0 Å². The van der Waals surface area contributed by atoms with E-state index >= 15 is 0 Å². The number of nitrogens with one attached hydrogen (secondary N) is 1. The van der Waals surface area contributed by atoms with E-state index in [0.29, 0.717) is 6.54 Å². The van der Waals surface area contributed by atoms with Crippen molar-refractivity contribution in [3.8, 4) is 0 Å². The molecular formula is C12H16N2O2. The molecule has 1 aromatic rings. The Balaban J connectivity index is 2.31. The maximum Gasteiger partial charge on any atom is 0.245 e. The normalized spacial score (nSPS) is 20.8. The lowest BCUT2D eigenvalue weighted by Crippen LogP contribution is -2.57. The lowest BCUT2D eigenvalue weighted by Gasteiger charge is -2.36. The lowest BCUT2D eigenvalue weighted by molar-refractivity contribution is -0.124. The molecule has 1 heterocycles. The third-order valence-corrected chi connectivity index (χ3v) is 2.93. The fourth-order valence-electron chi connectivity index (χ4n) is 2.07. The Labute approximate surface area is 94.9 Å². The van der Waals surface area contributed by atoms with Crippen LogP contribution in [0.4, 0.5) is 5.69 Å². The first kappa shape index (κ1) is 11.0. The summed E-state index contributed by atoms with van der Waals surface area (Å²) >= 11 is 0. The highest BCUT2D eigenvalue weighted by molar-refractivity contribution is 5.87. The molecule has 16 heavy (non-hydrogen) atoms. The van der Waals surface area contributed by atoms with Crippen LogP contribution in [0, 0.1) is 6.92 Å². The van der Waals surface area contributed by atoms with E-state index in [2.05, 4.69) is 5.32 Å². The first-order valence-corrected chi connectivity index (χ1v) is 5.45. The quantitative estimate of drug-likeness (QED) is 0.753. The lowest BCUT2D eigenvalue weighted by atomic mass is 10.1. The Morgan fingerprint density at radius 3 is 2.94 bits per heavy atom. The summed E-state index contributed by atoms with van der Waals surface area (Å²) in [6.45, 7) is 3.22. The second-order valence-corrected chi connectivity index (χ2v) is 3.97. The monoisotopic (exact) mass is 220 g/mol. The predicted octanol–water partition coefficient (Wildman–Crippen LogP) is 0.292. The fraction of sp³-hybridized carbons (Fsp3) is 0.417. The Morgan fingerprint density at radius 2 is 2.25 bits per heavy atom. The summed E-state index contributed by atoms with van der Waals surface area (Å²) in [5, 5.41) is 12.0. The first-order valence-electron chi connectivity index (χ1n) is 5.45. The van der Waals surface area contributed by atoms with Gasteiger partial charge in [-0.15, -0.1) is 0 Å². The molecule has 1 aliphatic rings. The Morgan fingerprint density at radius 1 is 1.50 bits per heavy atom. The maximum atomic E-state index is 11.6. The van der Waals surface area contributed by atoms with Crippen molar-refractivity contribution in [1.82, 2.24) is 5.32 Å². The minimum absolute atomic E-state index is 0.1000. The average molecular weight is 220 g/mol. The summed E-state index contributed by atoms with van der Waals surface area (Å²) in [5.41, 5.74) is 2.15. The number of carbonyl (C=O) groups excluding carboxylic acids is 1. The summed E-state index contributed by atoms with van der Waals surface area (Å²) in [7, 11) is 0. The van der Waals surface area contributed by atoms with Crippen molar-refractivity contribution in [2.75, 3.05) is 24.6 Å². The van der Waals surface area contributed by atoms with Gasteiger partial charge < -0.3 is 15.3 Å². The smallest absolute Gasteiger partial charge is 0.245 e. The van der Waals surface area contributed by atoms with E-state index in [4.69, 9.17) is 0 Å². The third-order valence-electron chi connectivity index (χ3n) is 2.93. The topological polar surface area (TPSA) is 52.6 Å². The maximum absolute atomic E-state index is 11.6. The number of hydrogen-bond acceptors (Lipinski definition) is 3. The van der Waals surface area contributed by atoms with Crippen LogP contribution in [0.1, 0.15) is 5.56 Å². The zero-order valence-electron chi connectivity index (χ0n) is 9.31. The van der Waals surface area contributed by atoms with Crippen molar-refractivity contribution in [2.45, 2.75) is 13.0 Å². The molecule has 0 aliphatic carbocycles. The van der Waals surface area contributed by atoms with Gasteiger partial charge in [-0.25, -0.2) is 0 Å². The second-order valence-electron chi connectivity index (χ2n) is 3.97. The van der Waals surface area contributed by atoms with E-state index in [1.807, 2.05) is 36.1 Å². The Kier molecular flexibility index (Phi) is 3.10. The van der Waals surface area contributed by atoms with Gasteiger partial charge in [0.1, 0.15) is 6.04 Å². The molecule has 1 unspecified atom stereocenters. The number of carbonyl (C=O) groups is 1. The van der Waals surface area contributed by atoms with E-state index in [1.165, 1.54) is 0 Å². The number of aliphatic hydroxyl groups excluding tert-OH is 1. The molecule has 1 aliphatic heterocycles. The van der Waals surface area contributed by atoms with Crippen LogP contribution in [0.5, 0.6) is 0 Å². The van der Waals surface area contributed by atoms with Gasteiger partial charge in [0, 0.05) is 18.8 Å². The summed E-state index contributed by atoms with van der Waals surface area (Å²) in [6, 6.07) is 7.45. The first-order chi connectivity index (χ1) is 7.74. The molecule has 2 N–H and O–H groups in total. The number of nitrogens with zero attached hydrogens (tertiary/aromatic N) is 1. The number of piperazine rings is 1. The number of amides is 1. The van der Waals surface area contributed by atoms with Gasteiger partial charge in [0.05, 0.1) is 6.61 Å². The molecule has 0 spiro atoms. The molecule has 1 saturated heterocycles. The summed E-state index contributed by atoms with van der Waals surface area (Å²) in [6.07, 6.45) is 0. The fourth-order valence-corrected chi connectivity index (χ4v) is 2.07. The Hall–Kier alpha value is -1.55. The molecule has 2 rings (SSSR count). The number of para-hydroxylation sites is 1. The second kappa shape index (κ2) is 4.53. The van der Waals surface area contributed by atoms with Gasteiger partial charge in [-0.1, -0.05) is 18.2 Å². The molecule has 0 radical (unpaired) electrons. The zero-order chi connectivity index (χ0) is 11.5. The average Bonchev–Trinajstić information content (AvgIpc) is 2.29. The summed E-state index contributed by atoms with van der Waals surface area (Å²) in [5.74, 6) is -0.1000. The van der Waals surface area contributed by atoms with Gasteiger partial charge in [0.2, 0.25) is 5.91 Å². The molecule has 0 aromatic heterocycles.